The van der Waals surface area contributed by atoms with E-state index < -0.39 is 0 Å². The van der Waals surface area contributed by atoms with E-state index in [9.17, 15) is 0 Å². The SMILES string of the molecule is Clc1ccc(CC2=CSC(N3CCOCC3)N2OC2CCCCO2)cc1Cl. The molecule has 148 valence electrons. The monoisotopic (exact) mass is 430 g/mol. The van der Waals surface area contributed by atoms with Gasteiger partial charge in [0.1, 0.15) is 0 Å². The zero-order valence-corrected chi connectivity index (χ0v) is 17.4. The lowest BCUT2D eigenvalue weighted by atomic mass is 10.1. The van der Waals surface area contributed by atoms with Gasteiger partial charge < -0.3 is 9.47 Å². The molecule has 4 rings (SSSR count). The number of nitrogens with zero attached hydrogens (tertiary/aromatic N) is 2. The topological polar surface area (TPSA) is 34.2 Å². The predicted octanol–water partition coefficient (Wildman–Crippen LogP) is 4.50. The minimum Gasteiger partial charge on any atom is -0.379 e. The molecule has 8 heteroatoms. The summed E-state index contributed by atoms with van der Waals surface area (Å²) in [7, 11) is 0. The van der Waals surface area contributed by atoms with Gasteiger partial charge in [0.05, 0.1) is 29.0 Å². The summed E-state index contributed by atoms with van der Waals surface area (Å²) in [6, 6.07) is 5.78. The molecular weight excluding hydrogens is 407 g/mol. The molecule has 2 unspecified atom stereocenters. The minimum atomic E-state index is -0.182. The number of hydrogen-bond acceptors (Lipinski definition) is 6. The van der Waals surface area contributed by atoms with E-state index in [2.05, 4.69) is 10.3 Å². The fourth-order valence-corrected chi connectivity index (χ4v) is 4.91. The highest BCUT2D eigenvalue weighted by molar-refractivity contribution is 8.02. The maximum absolute atomic E-state index is 6.34. The van der Waals surface area contributed by atoms with Gasteiger partial charge in [-0.3, -0.25) is 4.90 Å². The number of hydrogen-bond donors (Lipinski definition) is 0. The molecule has 0 saturated carbocycles. The molecular formula is C19H24Cl2N2O3S. The van der Waals surface area contributed by atoms with Crippen LogP contribution in [0, 0.1) is 0 Å². The van der Waals surface area contributed by atoms with E-state index in [1.54, 1.807) is 11.8 Å². The van der Waals surface area contributed by atoms with Crippen molar-refractivity contribution in [2.75, 3.05) is 32.9 Å². The van der Waals surface area contributed by atoms with Crippen LogP contribution in [0.3, 0.4) is 0 Å². The maximum atomic E-state index is 6.34. The average Bonchev–Trinajstić information content (AvgIpc) is 3.08. The van der Waals surface area contributed by atoms with E-state index in [0.29, 0.717) is 10.0 Å². The number of thioether (sulfide) groups is 1. The summed E-state index contributed by atoms with van der Waals surface area (Å²) < 4.78 is 11.3. The lowest BCUT2D eigenvalue weighted by Crippen LogP contribution is -2.50. The molecule has 2 atom stereocenters. The highest BCUT2D eigenvalue weighted by Crippen LogP contribution is 2.37. The molecule has 3 aliphatic heterocycles. The lowest BCUT2D eigenvalue weighted by molar-refractivity contribution is -0.292. The molecule has 1 aromatic rings. The summed E-state index contributed by atoms with van der Waals surface area (Å²) in [5.41, 5.74) is 2.33. The smallest absolute Gasteiger partial charge is 0.183 e. The Morgan fingerprint density at radius 2 is 1.96 bits per heavy atom. The third-order valence-corrected chi connectivity index (χ3v) is 6.79. The first kappa shape index (κ1) is 19.8. The molecule has 0 aromatic heterocycles. The standard InChI is InChI=1S/C19H24Cl2N2O3S/c20-16-5-4-14(12-17(16)21)11-15-13-27-19(22-6-9-24-10-7-22)23(15)26-18-3-1-2-8-25-18/h4-5,12-13,18-19H,1-3,6-11H2. The second-order valence-corrected chi connectivity index (χ2v) is 8.62. The summed E-state index contributed by atoms with van der Waals surface area (Å²) in [6.45, 7) is 4.08. The molecule has 1 aromatic carbocycles. The fraction of sp³-hybridized carbons (Fsp3) is 0.579. The molecule has 0 amide bonds. The molecule has 2 saturated heterocycles. The molecule has 0 aliphatic carbocycles. The third-order valence-electron chi connectivity index (χ3n) is 4.91. The molecule has 2 fully saturated rings. The van der Waals surface area contributed by atoms with Crippen molar-refractivity contribution in [1.29, 1.82) is 0 Å². The van der Waals surface area contributed by atoms with Crippen molar-refractivity contribution < 1.29 is 14.3 Å². The van der Waals surface area contributed by atoms with Gasteiger partial charge >= 0.3 is 0 Å². The average molecular weight is 431 g/mol. The van der Waals surface area contributed by atoms with E-state index in [1.807, 2.05) is 23.3 Å². The Kier molecular flexibility index (Phi) is 6.87. The summed E-state index contributed by atoms with van der Waals surface area (Å²) in [4.78, 5) is 8.74. The molecule has 3 heterocycles. The van der Waals surface area contributed by atoms with Crippen LogP contribution < -0.4 is 0 Å². The minimum absolute atomic E-state index is 0.109. The van der Waals surface area contributed by atoms with E-state index in [1.165, 1.54) is 0 Å². The van der Waals surface area contributed by atoms with Crippen LogP contribution in [-0.2, 0) is 20.7 Å². The summed E-state index contributed by atoms with van der Waals surface area (Å²) in [5.74, 6) is 0. The Bertz CT molecular complexity index is 679. The van der Waals surface area contributed by atoms with Gasteiger partial charge in [-0.1, -0.05) is 41.0 Å². The number of allylic oxidation sites excluding steroid dienone is 1. The molecule has 3 aliphatic rings. The van der Waals surface area contributed by atoms with Crippen LogP contribution in [0.1, 0.15) is 24.8 Å². The summed E-state index contributed by atoms with van der Waals surface area (Å²) >= 11 is 14.0. The molecule has 5 nitrogen and oxygen atoms in total. The molecule has 0 N–H and O–H groups in total. The first-order valence-electron chi connectivity index (χ1n) is 9.38. The second-order valence-electron chi connectivity index (χ2n) is 6.87. The van der Waals surface area contributed by atoms with Crippen molar-refractivity contribution in [3.8, 4) is 0 Å². The van der Waals surface area contributed by atoms with Crippen LogP contribution in [0.2, 0.25) is 10.0 Å². The van der Waals surface area contributed by atoms with Gasteiger partial charge in [-0.15, -0.1) is 0 Å². The Labute approximate surface area is 174 Å². The zero-order valence-electron chi connectivity index (χ0n) is 15.1. The zero-order chi connectivity index (χ0) is 18.6. The van der Waals surface area contributed by atoms with E-state index in [4.69, 9.17) is 37.5 Å². The molecule has 0 bridgehead atoms. The van der Waals surface area contributed by atoms with Gasteiger partial charge in [0.25, 0.3) is 0 Å². The Hall–Kier alpha value is -0.470. The van der Waals surface area contributed by atoms with Crippen molar-refractivity contribution in [3.63, 3.8) is 0 Å². The largest absolute Gasteiger partial charge is 0.379 e. The van der Waals surface area contributed by atoms with Crippen molar-refractivity contribution in [2.24, 2.45) is 0 Å². The third kappa shape index (κ3) is 4.93. The first-order valence-corrected chi connectivity index (χ1v) is 11.1. The van der Waals surface area contributed by atoms with Crippen molar-refractivity contribution in [3.05, 3.63) is 44.9 Å². The van der Waals surface area contributed by atoms with Crippen LogP contribution in [-0.4, -0.2) is 54.7 Å². The van der Waals surface area contributed by atoms with Crippen LogP contribution in [0.5, 0.6) is 0 Å². The van der Waals surface area contributed by atoms with Crippen molar-refractivity contribution in [1.82, 2.24) is 9.96 Å². The molecule has 0 radical (unpaired) electrons. The second kappa shape index (κ2) is 9.35. The molecule has 27 heavy (non-hydrogen) atoms. The summed E-state index contributed by atoms with van der Waals surface area (Å²) in [6.07, 6.45) is 3.72. The van der Waals surface area contributed by atoms with E-state index >= 15 is 0 Å². The Morgan fingerprint density at radius 1 is 1.11 bits per heavy atom. The van der Waals surface area contributed by atoms with Gasteiger partial charge in [0.15, 0.2) is 11.8 Å². The lowest BCUT2D eigenvalue weighted by Gasteiger charge is -2.39. The number of ether oxygens (including phenoxy) is 2. The van der Waals surface area contributed by atoms with Crippen LogP contribution in [0.15, 0.2) is 29.3 Å². The van der Waals surface area contributed by atoms with Gasteiger partial charge in [-0.25, -0.2) is 9.90 Å². The maximum Gasteiger partial charge on any atom is 0.183 e. The number of halogens is 2. The highest BCUT2D eigenvalue weighted by atomic mass is 35.5. The predicted molar refractivity (Wildman–Crippen MR) is 109 cm³/mol. The van der Waals surface area contributed by atoms with E-state index in [0.717, 1.165) is 69.9 Å². The number of hydroxylamine groups is 2. The fourth-order valence-electron chi connectivity index (χ4n) is 3.44. The quantitative estimate of drug-likeness (QED) is 0.683. The summed E-state index contributed by atoms with van der Waals surface area (Å²) in [5, 5.41) is 5.37. The van der Waals surface area contributed by atoms with Gasteiger partial charge in [0, 0.05) is 32.5 Å². The van der Waals surface area contributed by atoms with Crippen molar-refractivity contribution >= 4 is 35.0 Å². The Morgan fingerprint density at radius 3 is 2.70 bits per heavy atom. The molecule has 0 spiro atoms. The van der Waals surface area contributed by atoms with Gasteiger partial charge in [-0.2, -0.15) is 0 Å². The van der Waals surface area contributed by atoms with E-state index in [-0.39, 0.29) is 11.8 Å². The number of benzene rings is 1. The normalized spacial score (nSPS) is 27.0. The van der Waals surface area contributed by atoms with Gasteiger partial charge in [-0.05, 0) is 35.9 Å². The number of rotatable bonds is 5. The van der Waals surface area contributed by atoms with Crippen LogP contribution >= 0.6 is 35.0 Å². The Balaban J connectivity index is 1.49. The van der Waals surface area contributed by atoms with Crippen molar-refractivity contribution in [2.45, 2.75) is 37.5 Å². The van der Waals surface area contributed by atoms with Crippen LogP contribution in [0.4, 0.5) is 0 Å². The van der Waals surface area contributed by atoms with Crippen LogP contribution in [0.25, 0.3) is 0 Å². The first-order chi connectivity index (χ1) is 13.2. The highest BCUT2D eigenvalue weighted by Gasteiger charge is 2.36. The number of morpholine rings is 1. The van der Waals surface area contributed by atoms with Gasteiger partial charge in [0.2, 0.25) is 0 Å².